The topological polar surface area (TPSA) is 54.6 Å². The molecule has 0 bridgehead atoms. The van der Waals surface area contributed by atoms with Crippen molar-refractivity contribution in [1.29, 1.82) is 0 Å². The monoisotopic (exact) mass is 558 g/mol. The van der Waals surface area contributed by atoms with Crippen LogP contribution in [-0.4, -0.2) is 41.5 Å². The van der Waals surface area contributed by atoms with Crippen LogP contribution in [0.3, 0.4) is 0 Å². The second-order valence-electron chi connectivity index (χ2n) is 11.6. The van der Waals surface area contributed by atoms with Crippen molar-refractivity contribution < 1.29 is 23.0 Å². The van der Waals surface area contributed by atoms with Crippen LogP contribution < -0.4 is 9.47 Å². The number of nitrogens with one attached hydrogen (secondary N) is 1. The number of hydrogen-bond acceptors (Lipinski definition) is 3. The zero-order valence-electron chi connectivity index (χ0n) is 22.7. The van der Waals surface area contributed by atoms with Crippen LogP contribution in [0.1, 0.15) is 57.1 Å². The van der Waals surface area contributed by atoms with Gasteiger partial charge in [0.25, 0.3) is 0 Å². The second kappa shape index (κ2) is 11.7. The van der Waals surface area contributed by atoms with Gasteiger partial charge >= 0.3 is 5.92 Å². The number of ether oxygens (including phenoxy) is 2. The summed E-state index contributed by atoms with van der Waals surface area (Å²) in [5.41, 5.74) is 3.33. The molecular formula is C31H37ClF2N2O3. The van der Waals surface area contributed by atoms with Crippen LogP contribution in [0.25, 0.3) is 10.9 Å². The summed E-state index contributed by atoms with van der Waals surface area (Å²) in [6.07, 6.45) is 8.05. The number of nitrogens with zero attached hydrogens (tertiary/aromatic N) is 1. The smallest absolute Gasteiger partial charge is 0.314 e. The molecule has 39 heavy (non-hydrogen) atoms. The van der Waals surface area contributed by atoms with E-state index in [-0.39, 0.29) is 34.3 Å². The maximum Gasteiger partial charge on any atom is 0.314 e. The molecule has 3 aromatic rings. The molecular weight excluding hydrogens is 522 g/mol. The van der Waals surface area contributed by atoms with Crippen molar-refractivity contribution in [3.8, 4) is 11.5 Å². The Morgan fingerprint density at radius 3 is 2.67 bits per heavy atom. The van der Waals surface area contributed by atoms with E-state index in [1.165, 1.54) is 16.5 Å². The predicted molar refractivity (Wildman–Crippen MR) is 150 cm³/mol. The molecule has 2 heterocycles. The van der Waals surface area contributed by atoms with Crippen LogP contribution in [0, 0.1) is 17.8 Å². The molecule has 1 aliphatic heterocycles. The molecule has 0 unspecified atom stereocenters. The minimum Gasteiger partial charge on any atom is -0.483 e. The van der Waals surface area contributed by atoms with E-state index in [0.717, 1.165) is 44.1 Å². The molecule has 0 atom stereocenters. The summed E-state index contributed by atoms with van der Waals surface area (Å²) < 4.78 is 38.2. The number of H-pyrrole nitrogens is 1. The van der Waals surface area contributed by atoms with Crippen molar-refractivity contribution in [2.45, 2.75) is 64.8 Å². The van der Waals surface area contributed by atoms with Gasteiger partial charge in [-0.3, -0.25) is 4.79 Å². The molecule has 1 aromatic heterocycles. The first kappa shape index (κ1) is 27.8. The van der Waals surface area contributed by atoms with E-state index in [1.807, 2.05) is 11.1 Å². The van der Waals surface area contributed by atoms with Crippen LogP contribution in [0.4, 0.5) is 8.78 Å². The molecule has 1 N–H and O–H groups in total. The summed E-state index contributed by atoms with van der Waals surface area (Å²) in [6, 6.07) is 11.9. The summed E-state index contributed by atoms with van der Waals surface area (Å²) >= 11 is 6.39. The number of aryl methyl sites for hydroxylation is 1. The molecule has 0 radical (unpaired) electrons. The summed E-state index contributed by atoms with van der Waals surface area (Å²) in [5.74, 6) is -1.69. The van der Waals surface area contributed by atoms with Gasteiger partial charge in [-0.1, -0.05) is 43.6 Å². The van der Waals surface area contributed by atoms with E-state index in [2.05, 4.69) is 43.1 Å². The molecule has 0 saturated heterocycles. The Bertz CT molecular complexity index is 1300. The summed E-state index contributed by atoms with van der Waals surface area (Å²) in [7, 11) is 0. The second-order valence-corrected chi connectivity index (χ2v) is 12.0. The number of halogens is 3. The summed E-state index contributed by atoms with van der Waals surface area (Å²) in [4.78, 5) is 18.9. The fourth-order valence-electron chi connectivity index (χ4n) is 5.93. The number of rotatable bonds is 8. The minimum atomic E-state index is -3.09. The van der Waals surface area contributed by atoms with Crippen molar-refractivity contribution in [3.05, 3.63) is 58.7 Å². The predicted octanol–water partition coefficient (Wildman–Crippen LogP) is 7.65. The molecule has 2 aromatic carbocycles. The number of carbonyl (C=O) groups excluding carboxylic acids is 1. The molecule has 210 valence electrons. The third-order valence-electron chi connectivity index (χ3n) is 7.90. The fourth-order valence-corrected chi connectivity index (χ4v) is 6.22. The summed E-state index contributed by atoms with van der Waals surface area (Å²) in [5, 5.41) is 1.47. The van der Waals surface area contributed by atoms with Gasteiger partial charge in [-0.25, -0.2) is 0 Å². The number of aromatic nitrogens is 1. The van der Waals surface area contributed by atoms with Crippen molar-refractivity contribution in [2.24, 2.45) is 17.8 Å². The highest BCUT2D eigenvalue weighted by Crippen LogP contribution is 2.40. The number of amides is 1. The van der Waals surface area contributed by atoms with Gasteiger partial charge in [-0.05, 0) is 85.1 Å². The maximum absolute atomic E-state index is 13.8. The maximum atomic E-state index is 13.8. The first-order valence-corrected chi connectivity index (χ1v) is 14.4. The molecule has 1 amide bonds. The number of fused-ring (bicyclic) bond motifs is 2. The molecule has 2 aliphatic rings. The van der Waals surface area contributed by atoms with Gasteiger partial charge in [0.2, 0.25) is 5.91 Å². The van der Waals surface area contributed by atoms with Crippen LogP contribution in [0.5, 0.6) is 11.5 Å². The summed E-state index contributed by atoms with van der Waals surface area (Å²) in [6.45, 7) is 3.60. The van der Waals surface area contributed by atoms with Crippen molar-refractivity contribution in [3.63, 3.8) is 0 Å². The zero-order valence-corrected chi connectivity index (χ0v) is 23.4. The molecule has 5 nitrogen and oxygen atoms in total. The van der Waals surface area contributed by atoms with Gasteiger partial charge < -0.3 is 19.4 Å². The third kappa shape index (κ3) is 6.68. The SMILES string of the molecule is CC(C)CN(Cc1cc(Cl)c2c(c1)OCC(F)(F)CO2)C(=O)C1CCC(CCc2cccc3cc[nH]c23)CC1. The standard InChI is InChI=1S/C31H37ClF2N2O3/c1-20(2)16-36(17-22-14-26(32)29-27(15-22)38-18-31(33,34)19-39-29)30(37)25-10-7-21(8-11-25)6-9-23-4-3-5-24-12-13-35-28(23)24/h3-5,12-15,20-21,25,35H,6-11,16-19H2,1-2H3. The largest absolute Gasteiger partial charge is 0.483 e. The first-order valence-electron chi connectivity index (χ1n) is 14.0. The Morgan fingerprint density at radius 1 is 1.13 bits per heavy atom. The number of alkyl halides is 2. The molecule has 1 aliphatic carbocycles. The third-order valence-corrected chi connectivity index (χ3v) is 8.18. The van der Waals surface area contributed by atoms with Crippen LogP contribution in [-0.2, 0) is 17.8 Å². The van der Waals surface area contributed by atoms with Gasteiger partial charge in [0.1, 0.15) is 0 Å². The molecule has 1 fully saturated rings. The van der Waals surface area contributed by atoms with Gasteiger partial charge in [-0.15, -0.1) is 0 Å². The van der Waals surface area contributed by atoms with E-state index in [0.29, 0.717) is 19.0 Å². The lowest BCUT2D eigenvalue weighted by Gasteiger charge is -2.33. The Labute approximate surface area is 233 Å². The average molecular weight is 559 g/mol. The minimum absolute atomic E-state index is 0.00131. The Kier molecular flexibility index (Phi) is 8.36. The molecule has 0 spiro atoms. The lowest BCUT2D eigenvalue weighted by Crippen LogP contribution is -2.39. The molecule has 5 rings (SSSR count). The fraction of sp³-hybridized carbons (Fsp3) is 0.516. The number of hydrogen-bond donors (Lipinski definition) is 1. The first-order chi connectivity index (χ1) is 18.7. The number of para-hydroxylation sites is 1. The van der Waals surface area contributed by atoms with Crippen LogP contribution in [0.2, 0.25) is 5.02 Å². The normalized spacial score (nSPS) is 20.7. The number of aromatic amines is 1. The van der Waals surface area contributed by atoms with Crippen LogP contribution in [0.15, 0.2) is 42.6 Å². The Balaban J connectivity index is 1.20. The zero-order chi connectivity index (χ0) is 27.6. The van der Waals surface area contributed by atoms with E-state index in [4.69, 9.17) is 21.1 Å². The van der Waals surface area contributed by atoms with Crippen molar-refractivity contribution in [2.75, 3.05) is 19.8 Å². The van der Waals surface area contributed by atoms with E-state index in [1.54, 1.807) is 12.1 Å². The van der Waals surface area contributed by atoms with Crippen molar-refractivity contribution >= 4 is 28.4 Å². The van der Waals surface area contributed by atoms with E-state index >= 15 is 0 Å². The van der Waals surface area contributed by atoms with Crippen molar-refractivity contribution in [1.82, 2.24) is 9.88 Å². The van der Waals surface area contributed by atoms with Gasteiger partial charge in [0, 0.05) is 30.7 Å². The Hall–Kier alpha value is -2.80. The van der Waals surface area contributed by atoms with Crippen LogP contribution >= 0.6 is 11.6 Å². The highest BCUT2D eigenvalue weighted by Gasteiger charge is 2.36. The average Bonchev–Trinajstić information content (AvgIpc) is 3.33. The molecule has 8 heteroatoms. The Morgan fingerprint density at radius 2 is 1.90 bits per heavy atom. The molecule has 1 saturated carbocycles. The highest BCUT2D eigenvalue weighted by atomic mass is 35.5. The lowest BCUT2D eigenvalue weighted by atomic mass is 9.79. The number of carbonyl (C=O) groups is 1. The van der Waals surface area contributed by atoms with E-state index < -0.39 is 19.1 Å². The van der Waals surface area contributed by atoms with Gasteiger partial charge in [-0.2, -0.15) is 8.78 Å². The van der Waals surface area contributed by atoms with E-state index in [9.17, 15) is 13.6 Å². The quantitative estimate of drug-likeness (QED) is 0.309. The van der Waals surface area contributed by atoms with Gasteiger partial charge in [0.05, 0.1) is 5.02 Å². The highest BCUT2D eigenvalue weighted by molar-refractivity contribution is 6.32. The number of benzene rings is 2. The lowest BCUT2D eigenvalue weighted by molar-refractivity contribution is -0.138. The van der Waals surface area contributed by atoms with Gasteiger partial charge in [0.15, 0.2) is 24.7 Å².